The van der Waals surface area contributed by atoms with Crippen LogP contribution < -0.4 is 14.4 Å². The molecule has 28 heavy (non-hydrogen) atoms. The van der Waals surface area contributed by atoms with Gasteiger partial charge >= 0.3 is 0 Å². The predicted octanol–water partition coefficient (Wildman–Crippen LogP) is 3.63. The van der Waals surface area contributed by atoms with E-state index < -0.39 is 0 Å². The maximum absolute atomic E-state index is 12.7. The number of likely N-dealkylation sites (N-methyl/N-ethyl adjacent to an activating group) is 1. The average molecular weight is 403 g/mol. The highest BCUT2D eigenvalue weighted by Crippen LogP contribution is 2.30. The molecule has 1 saturated heterocycles. The summed E-state index contributed by atoms with van der Waals surface area (Å²) >= 11 is 6.25. The van der Waals surface area contributed by atoms with Crippen LogP contribution in [0.3, 0.4) is 0 Å². The number of benzene rings is 2. The average Bonchev–Trinajstić information content (AvgIpc) is 3.14. The van der Waals surface area contributed by atoms with Crippen LogP contribution in [0.4, 0.5) is 5.69 Å². The summed E-state index contributed by atoms with van der Waals surface area (Å²) < 4.78 is 10.8. The second-order valence-corrected chi connectivity index (χ2v) is 6.97. The Bertz CT molecular complexity index is 854. The fourth-order valence-corrected chi connectivity index (χ4v) is 3.27. The van der Waals surface area contributed by atoms with E-state index in [-0.39, 0.29) is 11.8 Å². The first kappa shape index (κ1) is 20.0. The van der Waals surface area contributed by atoms with Gasteiger partial charge in [-0.05, 0) is 48.9 Å². The molecule has 6 nitrogen and oxygen atoms in total. The highest BCUT2D eigenvalue weighted by atomic mass is 35.5. The van der Waals surface area contributed by atoms with Gasteiger partial charge in [0, 0.05) is 25.6 Å². The van der Waals surface area contributed by atoms with E-state index in [0.29, 0.717) is 48.1 Å². The first-order valence-corrected chi connectivity index (χ1v) is 9.49. The molecule has 1 fully saturated rings. The SMILES string of the molecule is COc1ccc(OCCN(C)C(=O)c2ccc(Cl)c(N3CCCC3=O)c2)cc1. The molecule has 1 aliphatic rings. The van der Waals surface area contributed by atoms with Crippen LogP contribution in [0.2, 0.25) is 5.02 Å². The topological polar surface area (TPSA) is 59.1 Å². The van der Waals surface area contributed by atoms with Crippen molar-refractivity contribution >= 4 is 29.1 Å². The molecule has 0 aromatic heterocycles. The predicted molar refractivity (Wildman–Crippen MR) is 108 cm³/mol. The Morgan fingerprint density at radius 3 is 2.54 bits per heavy atom. The minimum atomic E-state index is -0.150. The lowest BCUT2D eigenvalue weighted by Gasteiger charge is -2.21. The first-order chi connectivity index (χ1) is 13.5. The van der Waals surface area contributed by atoms with Gasteiger partial charge in [-0.25, -0.2) is 0 Å². The number of hydrogen-bond acceptors (Lipinski definition) is 4. The molecule has 0 aliphatic carbocycles. The number of halogens is 1. The van der Waals surface area contributed by atoms with E-state index >= 15 is 0 Å². The van der Waals surface area contributed by atoms with Crippen molar-refractivity contribution in [2.75, 3.05) is 38.8 Å². The van der Waals surface area contributed by atoms with Crippen molar-refractivity contribution in [1.82, 2.24) is 4.90 Å². The Labute approximate surface area is 169 Å². The highest BCUT2D eigenvalue weighted by Gasteiger charge is 2.25. The van der Waals surface area contributed by atoms with Gasteiger partial charge in [-0.1, -0.05) is 11.6 Å². The number of methoxy groups -OCH3 is 1. The quantitative estimate of drug-likeness (QED) is 0.709. The molecule has 0 N–H and O–H groups in total. The summed E-state index contributed by atoms with van der Waals surface area (Å²) in [6.07, 6.45) is 1.31. The lowest BCUT2D eigenvalue weighted by Crippen LogP contribution is -2.31. The molecule has 0 unspecified atom stereocenters. The fraction of sp³-hybridized carbons (Fsp3) is 0.333. The number of hydrogen-bond donors (Lipinski definition) is 0. The zero-order valence-corrected chi connectivity index (χ0v) is 16.7. The second-order valence-electron chi connectivity index (χ2n) is 6.57. The summed E-state index contributed by atoms with van der Waals surface area (Å²) in [7, 11) is 3.33. The maximum Gasteiger partial charge on any atom is 0.253 e. The van der Waals surface area contributed by atoms with E-state index in [4.69, 9.17) is 21.1 Å². The van der Waals surface area contributed by atoms with Crippen LogP contribution >= 0.6 is 11.6 Å². The third-order valence-corrected chi connectivity index (χ3v) is 4.98. The van der Waals surface area contributed by atoms with Crippen molar-refractivity contribution in [3.63, 3.8) is 0 Å². The van der Waals surface area contributed by atoms with E-state index in [1.165, 1.54) is 0 Å². The molecular formula is C21H23ClN2O4. The van der Waals surface area contributed by atoms with Crippen LogP contribution in [-0.2, 0) is 4.79 Å². The molecule has 7 heteroatoms. The number of carbonyl (C=O) groups is 2. The zero-order chi connectivity index (χ0) is 20.1. The molecule has 2 aromatic rings. The minimum Gasteiger partial charge on any atom is -0.497 e. The molecule has 0 saturated carbocycles. The van der Waals surface area contributed by atoms with E-state index in [1.807, 2.05) is 24.3 Å². The van der Waals surface area contributed by atoms with Gasteiger partial charge < -0.3 is 19.3 Å². The van der Waals surface area contributed by atoms with Crippen molar-refractivity contribution in [1.29, 1.82) is 0 Å². The molecule has 0 spiro atoms. The van der Waals surface area contributed by atoms with Crippen molar-refractivity contribution < 1.29 is 19.1 Å². The summed E-state index contributed by atoms with van der Waals surface area (Å²) in [4.78, 5) is 28.0. The number of rotatable bonds is 7. The number of carbonyl (C=O) groups excluding carboxylic acids is 2. The van der Waals surface area contributed by atoms with Crippen molar-refractivity contribution in [2.24, 2.45) is 0 Å². The van der Waals surface area contributed by atoms with Crippen molar-refractivity contribution in [2.45, 2.75) is 12.8 Å². The summed E-state index contributed by atoms with van der Waals surface area (Å²) in [6.45, 7) is 1.41. The van der Waals surface area contributed by atoms with E-state index in [2.05, 4.69) is 0 Å². The van der Waals surface area contributed by atoms with Gasteiger partial charge in [-0.15, -0.1) is 0 Å². The molecule has 2 aromatic carbocycles. The van der Waals surface area contributed by atoms with Gasteiger partial charge in [-0.3, -0.25) is 9.59 Å². The molecule has 1 aliphatic heterocycles. The fourth-order valence-electron chi connectivity index (χ4n) is 3.05. The standard InChI is InChI=1S/C21H23ClN2O4/c1-23(12-13-28-17-8-6-16(27-2)7-9-17)21(26)15-5-10-18(22)19(14-15)24-11-3-4-20(24)25/h5-10,14H,3-4,11-13H2,1-2H3. The smallest absolute Gasteiger partial charge is 0.253 e. The van der Waals surface area contributed by atoms with Crippen LogP contribution in [0, 0.1) is 0 Å². The normalized spacial score (nSPS) is 13.5. The number of ether oxygens (including phenoxy) is 2. The number of nitrogens with zero attached hydrogens (tertiary/aromatic N) is 2. The summed E-state index contributed by atoms with van der Waals surface area (Å²) in [5.41, 5.74) is 1.09. The second kappa shape index (κ2) is 8.97. The summed E-state index contributed by atoms with van der Waals surface area (Å²) in [5.74, 6) is 1.35. The van der Waals surface area contributed by atoms with Gasteiger partial charge in [0.1, 0.15) is 18.1 Å². The Morgan fingerprint density at radius 2 is 1.89 bits per heavy atom. The molecule has 0 bridgehead atoms. The van der Waals surface area contributed by atoms with Crippen LogP contribution in [0.5, 0.6) is 11.5 Å². The van der Waals surface area contributed by atoms with Crippen LogP contribution in [0.15, 0.2) is 42.5 Å². The molecule has 0 radical (unpaired) electrons. The summed E-state index contributed by atoms with van der Waals surface area (Å²) in [6, 6.07) is 12.3. The van der Waals surface area contributed by atoms with E-state index in [9.17, 15) is 9.59 Å². The molecule has 2 amide bonds. The third-order valence-electron chi connectivity index (χ3n) is 4.66. The van der Waals surface area contributed by atoms with Crippen molar-refractivity contribution in [3.8, 4) is 11.5 Å². The Morgan fingerprint density at radius 1 is 1.18 bits per heavy atom. The first-order valence-electron chi connectivity index (χ1n) is 9.12. The van der Waals surface area contributed by atoms with Gasteiger partial charge in [-0.2, -0.15) is 0 Å². The molecule has 0 atom stereocenters. The maximum atomic E-state index is 12.7. The molecule has 1 heterocycles. The molecular weight excluding hydrogens is 380 g/mol. The Hall–Kier alpha value is -2.73. The van der Waals surface area contributed by atoms with Gasteiger partial charge in [0.25, 0.3) is 5.91 Å². The van der Waals surface area contributed by atoms with Gasteiger partial charge in [0.15, 0.2) is 0 Å². The summed E-state index contributed by atoms with van der Waals surface area (Å²) in [5, 5.41) is 0.470. The lowest BCUT2D eigenvalue weighted by atomic mass is 10.1. The Kier molecular flexibility index (Phi) is 6.41. The third kappa shape index (κ3) is 4.57. The molecule has 148 valence electrons. The number of amides is 2. The van der Waals surface area contributed by atoms with Crippen molar-refractivity contribution in [3.05, 3.63) is 53.1 Å². The zero-order valence-electron chi connectivity index (χ0n) is 16.0. The van der Waals surface area contributed by atoms with E-state index in [1.54, 1.807) is 42.2 Å². The number of anilines is 1. The highest BCUT2D eigenvalue weighted by molar-refractivity contribution is 6.34. The van der Waals surface area contributed by atoms with Crippen LogP contribution in [-0.4, -0.2) is 50.6 Å². The largest absolute Gasteiger partial charge is 0.497 e. The van der Waals surface area contributed by atoms with E-state index in [0.717, 1.165) is 12.2 Å². The lowest BCUT2D eigenvalue weighted by molar-refractivity contribution is -0.117. The van der Waals surface area contributed by atoms with Crippen LogP contribution in [0.25, 0.3) is 0 Å². The molecule has 3 rings (SSSR count). The van der Waals surface area contributed by atoms with Gasteiger partial charge in [0.05, 0.1) is 24.4 Å². The minimum absolute atomic E-state index is 0.0349. The monoisotopic (exact) mass is 402 g/mol. The van der Waals surface area contributed by atoms with Gasteiger partial charge in [0.2, 0.25) is 5.91 Å². The van der Waals surface area contributed by atoms with Crippen LogP contribution in [0.1, 0.15) is 23.2 Å². The Balaban J connectivity index is 1.60.